The van der Waals surface area contributed by atoms with Crippen molar-refractivity contribution in [1.82, 2.24) is 15.3 Å². The van der Waals surface area contributed by atoms with Crippen molar-refractivity contribution in [3.63, 3.8) is 0 Å². The van der Waals surface area contributed by atoms with Crippen molar-refractivity contribution in [3.05, 3.63) is 81.8 Å². The smallest absolute Gasteiger partial charge is 0.254 e. The van der Waals surface area contributed by atoms with Gasteiger partial charge in [0, 0.05) is 25.0 Å². The monoisotopic (exact) mass is 501 g/mol. The molecule has 2 heterocycles. The molecule has 0 saturated carbocycles. The predicted molar refractivity (Wildman–Crippen MR) is 128 cm³/mol. The van der Waals surface area contributed by atoms with Crippen LogP contribution in [-0.4, -0.2) is 40.8 Å². The molecular weight excluding hydrogens is 476 g/mol. The summed E-state index contributed by atoms with van der Waals surface area (Å²) in [6.07, 6.45) is 4.48. The molecule has 1 aliphatic rings. The molecule has 1 atom stereocenters. The number of halogens is 3. The maximum Gasteiger partial charge on any atom is 0.254 e. The molecule has 3 aromatic rings. The Hall–Kier alpha value is -2.94. The van der Waals surface area contributed by atoms with Crippen molar-refractivity contribution in [2.75, 3.05) is 19.8 Å². The van der Waals surface area contributed by atoms with Crippen molar-refractivity contribution in [3.8, 4) is 11.3 Å². The lowest BCUT2D eigenvalue weighted by molar-refractivity contribution is 0.0662. The Morgan fingerprint density at radius 2 is 1.97 bits per heavy atom. The molecule has 184 valence electrons. The lowest BCUT2D eigenvalue weighted by Gasteiger charge is -2.21. The first-order chi connectivity index (χ1) is 16.9. The second-order valence-electron chi connectivity index (χ2n) is 8.63. The Balaban J connectivity index is 1.52. The van der Waals surface area contributed by atoms with Crippen molar-refractivity contribution in [2.45, 2.75) is 32.2 Å². The van der Waals surface area contributed by atoms with Crippen LogP contribution in [0.2, 0.25) is 5.02 Å². The lowest BCUT2D eigenvalue weighted by atomic mass is 9.95. The van der Waals surface area contributed by atoms with Gasteiger partial charge in [0.2, 0.25) is 0 Å². The van der Waals surface area contributed by atoms with E-state index in [4.69, 9.17) is 21.3 Å². The number of nitrogens with one attached hydrogen (secondary N) is 1. The Morgan fingerprint density at radius 1 is 1.20 bits per heavy atom. The van der Waals surface area contributed by atoms with E-state index in [2.05, 4.69) is 10.3 Å². The number of aromatic nitrogens is 2. The Bertz CT molecular complexity index is 1220. The standard InChI is InChI=1S/C26H26ClF2N3O3/c1-15-25(31-19(13-30-15)10-16-6-8-35-9-7-16)18-2-4-20(23(29)12-18)26(34)32-24(14-33)17-3-5-22(28)21(27)11-17/h2-5,11-13,16,24,33H,6-10,14H2,1H3,(H,32,34). The first-order valence-electron chi connectivity index (χ1n) is 11.4. The van der Waals surface area contributed by atoms with Gasteiger partial charge in [0.15, 0.2) is 0 Å². The van der Waals surface area contributed by atoms with Gasteiger partial charge in [-0.1, -0.05) is 23.7 Å². The fourth-order valence-electron chi connectivity index (χ4n) is 4.15. The molecule has 35 heavy (non-hydrogen) atoms. The van der Waals surface area contributed by atoms with E-state index in [1.807, 2.05) is 0 Å². The van der Waals surface area contributed by atoms with Crippen LogP contribution >= 0.6 is 11.6 Å². The predicted octanol–water partition coefficient (Wildman–Crippen LogP) is 4.82. The van der Waals surface area contributed by atoms with Gasteiger partial charge in [0.05, 0.1) is 40.3 Å². The number of hydrogen-bond acceptors (Lipinski definition) is 5. The first-order valence-corrected chi connectivity index (χ1v) is 11.8. The number of carbonyl (C=O) groups excluding carboxylic acids is 1. The van der Waals surface area contributed by atoms with Gasteiger partial charge in [0.1, 0.15) is 11.6 Å². The minimum absolute atomic E-state index is 0.138. The largest absolute Gasteiger partial charge is 0.394 e. The molecule has 1 aliphatic heterocycles. The molecule has 0 bridgehead atoms. The number of benzene rings is 2. The summed E-state index contributed by atoms with van der Waals surface area (Å²) in [6, 6.07) is 7.22. The van der Waals surface area contributed by atoms with Gasteiger partial charge >= 0.3 is 0 Å². The van der Waals surface area contributed by atoms with Gasteiger partial charge in [-0.15, -0.1) is 0 Å². The molecule has 1 fully saturated rings. The Labute approximate surface area is 207 Å². The highest BCUT2D eigenvalue weighted by Crippen LogP contribution is 2.26. The summed E-state index contributed by atoms with van der Waals surface area (Å²) in [7, 11) is 0. The first kappa shape index (κ1) is 25.2. The second kappa shape index (κ2) is 11.2. The number of carbonyl (C=O) groups is 1. The molecule has 0 radical (unpaired) electrons. The number of aliphatic hydroxyl groups excluding tert-OH is 1. The number of ether oxygens (including phenoxy) is 1. The molecule has 2 aromatic carbocycles. The second-order valence-corrected chi connectivity index (χ2v) is 9.04. The van der Waals surface area contributed by atoms with Crippen LogP contribution in [0.5, 0.6) is 0 Å². The molecule has 0 aliphatic carbocycles. The molecule has 6 nitrogen and oxygen atoms in total. The molecule has 1 aromatic heterocycles. The third-order valence-electron chi connectivity index (χ3n) is 6.17. The SMILES string of the molecule is Cc1ncc(CC2CCOCC2)nc1-c1ccc(C(=O)NC(CO)c2ccc(F)c(Cl)c2)c(F)c1. The van der Waals surface area contributed by atoms with E-state index in [1.54, 1.807) is 19.2 Å². The Morgan fingerprint density at radius 3 is 2.66 bits per heavy atom. The van der Waals surface area contributed by atoms with Crippen LogP contribution in [-0.2, 0) is 11.2 Å². The van der Waals surface area contributed by atoms with Gasteiger partial charge in [0.25, 0.3) is 5.91 Å². The molecule has 1 amide bonds. The zero-order chi connectivity index (χ0) is 24.9. The van der Waals surface area contributed by atoms with Crippen LogP contribution in [0.25, 0.3) is 11.3 Å². The van der Waals surface area contributed by atoms with E-state index in [9.17, 15) is 14.3 Å². The third-order valence-corrected chi connectivity index (χ3v) is 6.45. The van der Waals surface area contributed by atoms with Gasteiger partial charge in [-0.3, -0.25) is 9.78 Å². The van der Waals surface area contributed by atoms with Crippen LogP contribution in [0.4, 0.5) is 8.78 Å². The average molecular weight is 502 g/mol. The van der Waals surface area contributed by atoms with Crippen molar-refractivity contribution < 1.29 is 23.4 Å². The minimum atomic E-state index is -0.880. The molecular formula is C26H26ClF2N3O3. The summed E-state index contributed by atoms with van der Waals surface area (Å²) in [5.41, 5.74) is 2.78. The van der Waals surface area contributed by atoms with E-state index < -0.39 is 30.2 Å². The molecule has 9 heteroatoms. The van der Waals surface area contributed by atoms with E-state index >= 15 is 4.39 Å². The zero-order valence-corrected chi connectivity index (χ0v) is 20.0. The number of nitrogens with zero attached hydrogens (tertiary/aromatic N) is 2. The van der Waals surface area contributed by atoms with Crippen molar-refractivity contribution in [1.29, 1.82) is 0 Å². The van der Waals surface area contributed by atoms with Crippen LogP contribution in [0.15, 0.2) is 42.6 Å². The van der Waals surface area contributed by atoms with Gasteiger partial charge in [-0.2, -0.15) is 0 Å². The summed E-state index contributed by atoms with van der Waals surface area (Å²) in [4.78, 5) is 21.9. The fraction of sp³-hybridized carbons (Fsp3) is 0.346. The van der Waals surface area contributed by atoms with Gasteiger partial charge in [-0.25, -0.2) is 13.8 Å². The quantitative estimate of drug-likeness (QED) is 0.485. The normalized spacial score (nSPS) is 15.1. The molecule has 4 rings (SSSR count). The van der Waals surface area contributed by atoms with E-state index in [0.717, 1.165) is 44.2 Å². The van der Waals surface area contributed by atoms with Crippen LogP contribution in [0.1, 0.15) is 46.2 Å². The van der Waals surface area contributed by atoms with Crippen molar-refractivity contribution >= 4 is 17.5 Å². The maximum absolute atomic E-state index is 15.0. The van der Waals surface area contributed by atoms with Crippen LogP contribution in [0.3, 0.4) is 0 Å². The minimum Gasteiger partial charge on any atom is -0.394 e. The average Bonchev–Trinajstić information content (AvgIpc) is 2.86. The molecule has 0 spiro atoms. The maximum atomic E-state index is 15.0. The number of rotatable bonds is 7. The summed E-state index contributed by atoms with van der Waals surface area (Å²) in [5.74, 6) is -1.59. The van der Waals surface area contributed by atoms with E-state index in [-0.39, 0.29) is 10.6 Å². The highest BCUT2D eigenvalue weighted by molar-refractivity contribution is 6.30. The number of aliphatic hydroxyl groups is 1. The molecule has 1 unspecified atom stereocenters. The molecule has 2 N–H and O–H groups in total. The summed E-state index contributed by atoms with van der Waals surface area (Å²) in [5, 5.41) is 12.1. The summed E-state index contributed by atoms with van der Waals surface area (Å²) < 4.78 is 33.9. The highest BCUT2D eigenvalue weighted by Gasteiger charge is 2.21. The highest BCUT2D eigenvalue weighted by atomic mass is 35.5. The lowest BCUT2D eigenvalue weighted by Crippen LogP contribution is -2.31. The van der Waals surface area contributed by atoms with Crippen molar-refractivity contribution in [2.24, 2.45) is 5.92 Å². The van der Waals surface area contributed by atoms with Crippen LogP contribution < -0.4 is 5.32 Å². The summed E-state index contributed by atoms with van der Waals surface area (Å²) >= 11 is 5.80. The van der Waals surface area contributed by atoms with E-state index in [1.165, 1.54) is 24.3 Å². The van der Waals surface area contributed by atoms with Gasteiger partial charge < -0.3 is 15.2 Å². The zero-order valence-electron chi connectivity index (χ0n) is 19.2. The third kappa shape index (κ3) is 6.01. The number of hydrogen-bond donors (Lipinski definition) is 2. The van der Waals surface area contributed by atoms with Crippen LogP contribution in [0, 0.1) is 24.5 Å². The fourth-order valence-corrected chi connectivity index (χ4v) is 4.34. The summed E-state index contributed by atoms with van der Waals surface area (Å²) in [6.45, 7) is 2.83. The topological polar surface area (TPSA) is 84.3 Å². The molecule has 1 saturated heterocycles. The van der Waals surface area contributed by atoms with Gasteiger partial charge in [-0.05, 0) is 61.9 Å². The van der Waals surface area contributed by atoms with E-state index in [0.29, 0.717) is 28.4 Å². The number of aryl methyl sites for hydroxylation is 1. The number of amides is 1. The Kier molecular flexibility index (Phi) is 8.05.